The number of ketones is 1. The number of carbonyl (C=O) groups excluding carboxylic acids is 2. The number of fused-ring (bicyclic) bond motifs is 1. The van der Waals surface area contributed by atoms with E-state index in [0.717, 1.165) is 0 Å². The third-order valence-corrected chi connectivity index (χ3v) is 6.56. The van der Waals surface area contributed by atoms with E-state index in [1.54, 1.807) is 61.5 Å². The normalized spacial score (nSPS) is 14.9. The standard InChI is InChI=1S/C21H22N2O6S/c1-2-15(18(24)19-23-16-10-6-7-11-17(16)29-19)21(26,20(22)25)13-30(27,28)12-14-8-4-3-5-9-14/h3-11,15,26H,2,12-13H2,1H3,(H2,22,25)/t15-,21?/m1/s1. The third-order valence-electron chi connectivity index (χ3n) is 4.90. The van der Waals surface area contributed by atoms with Crippen LogP contribution in [-0.4, -0.2) is 41.6 Å². The molecule has 0 bridgehead atoms. The van der Waals surface area contributed by atoms with Gasteiger partial charge in [0.15, 0.2) is 21.0 Å². The lowest BCUT2D eigenvalue weighted by Crippen LogP contribution is -2.57. The first-order chi connectivity index (χ1) is 14.2. The van der Waals surface area contributed by atoms with E-state index >= 15 is 0 Å². The number of oxazole rings is 1. The zero-order valence-corrected chi connectivity index (χ0v) is 17.1. The SMILES string of the molecule is CC[C@H](C(=O)c1nc2ccccc2o1)C(O)(CS(=O)(=O)Cc1ccccc1)C(N)=O. The molecule has 30 heavy (non-hydrogen) atoms. The average molecular weight is 430 g/mol. The number of nitrogens with zero attached hydrogens (tertiary/aromatic N) is 1. The summed E-state index contributed by atoms with van der Waals surface area (Å²) >= 11 is 0. The van der Waals surface area contributed by atoms with Crippen LogP contribution in [-0.2, 0) is 20.4 Å². The van der Waals surface area contributed by atoms with E-state index < -0.39 is 44.6 Å². The van der Waals surface area contributed by atoms with Gasteiger partial charge in [-0.1, -0.05) is 49.4 Å². The number of carbonyl (C=O) groups is 2. The Labute approximate surface area is 173 Å². The Balaban J connectivity index is 1.93. The van der Waals surface area contributed by atoms with Crippen molar-refractivity contribution in [2.24, 2.45) is 11.7 Å². The molecule has 0 aliphatic heterocycles. The highest BCUT2D eigenvalue weighted by atomic mass is 32.2. The molecule has 2 aromatic carbocycles. The highest BCUT2D eigenvalue weighted by Crippen LogP contribution is 2.29. The van der Waals surface area contributed by atoms with Gasteiger partial charge in [-0.25, -0.2) is 13.4 Å². The van der Waals surface area contributed by atoms with Gasteiger partial charge in [-0.05, 0) is 24.1 Å². The Kier molecular flexibility index (Phi) is 6.04. The van der Waals surface area contributed by atoms with E-state index in [-0.39, 0.29) is 12.3 Å². The molecule has 3 aromatic rings. The molecular weight excluding hydrogens is 408 g/mol. The number of aliphatic hydroxyl groups is 1. The summed E-state index contributed by atoms with van der Waals surface area (Å²) in [6.45, 7) is 1.54. The second-order valence-corrected chi connectivity index (χ2v) is 9.18. The van der Waals surface area contributed by atoms with Crippen molar-refractivity contribution < 1.29 is 27.5 Å². The second kappa shape index (κ2) is 8.37. The summed E-state index contributed by atoms with van der Waals surface area (Å²) in [6, 6.07) is 15.0. The van der Waals surface area contributed by atoms with Crippen LogP contribution in [0.15, 0.2) is 59.0 Å². The van der Waals surface area contributed by atoms with Crippen molar-refractivity contribution in [3.8, 4) is 0 Å². The lowest BCUT2D eigenvalue weighted by Gasteiger charge is -2.30. The van der Waals surface area contributed by atoms with Crippen LogP contribution in [0.5, 0.6) is 0 Å². The zero-order valence-electron chi connectivity index (χ0n) is 16.3. The fraction of sp³-hybridized carbons (Fsp3) is 0.286. The van der Waals surface area contributed by atoms with Crippen molar-refractivity contribution in [3.63, 3.8) is 0 Å². The Morgan fingerprint density at radius 3 is 2.37 bits per heavy atom. The van der Waals surface area contributed by atoms with Gasteiger partial charge in [-0.3, -0.25) is 9.59 Å². The van der Waals surface area contributed by atoms with E-state index in [1.807, 2.05) is 0 Å². The molecule has 0 radical (unpaired) electrons. The summed E-state index contributed by atoms with van der Waals surface area (Å²) in [5.41, 5.74) is 4.04. The van der Waals surface area contributed by atoms with Crippen molar-refractivity contribution in [2.75, 3.05) is 5.75 Å². The summed E-state index contributed by atoms with van der Waals surface area (Å²) in [5.74, 6) is -5.23. The van der Waals surface area contributed by atoms with Gasteiger partial charge in [0.25, 0.3) is 11.8 Å². The van der Waals surface area contributed by atoms with E-state index in [1.165, 1.54) is 0 Å². The van der Waals surface area contributed by atoms with Crippen LogP contribution in [0, 0.1) is 5.92 Å². The molecule has 0 saturated heterocycles. The molecule has 0 aliphatic rings. The number of aromatic nitrogens is 1. The van der Waals surface area contributed by atoms with Crippen molar-refractivity contribution in [3.05, 3.63) is 66.1 Å². The van der Waals surface area contributed by atoms with E-state index in [0.29, 0.717) is 16.7 Å². The van der Waals surface area contributed by atoms with Crippen LogP contribution in [0.25, 0.3) is 11.1 Å². The van der Waals surface area contributed by atoms with Crippen LogP contribution in [0.3, 0.4) is 0 Å². The molecule has 1 unspecified atom stereocenters. The molecule has 0 spiro atoms. The Morgan fingerprint density at radius 1 is 1.13 bits per heavy atom. The molecule has 2 atom stereocenters. The first-order valence-electron chi connectivity index (χ1n) is 9.32. The predicted octanol–water partition coefficient (Wildman–Crippen LogP) is 1.87. The molecule has 158 valence electrons. The first-order valence-corrected chi connectivity index (χ1v) is 11.1. The summed E-state index contributed by atoms with van der Waals surface area (Å²) < 4.78 is 30.9. The Hall–Kier alpha value is -3.04. The van der Waals surface area contributed by atoms with E-state index in [2.05, 4.69) is 4.98 Å². The predicted molar refractivity (Wildman–Crippen MR) is 110 cm³/mol. The fourth-order valence-corrected chi connectivity index (χ4v) is 5.24. The van der Waals surface area contributed by atoms with Crippen molar-refractivity contribution in [1.29, 1.82) is 0 Å². The average Bonchev–Trinajstić information content (AvgIpc) is 3.12. The van der Waals surface area contributed by atoms with Gasteiger partial charge in [-0.15, -0.1) is 0 Å². The number of sulfone groups is 1. The highest BCUT2D eigenvalue weighted by molar-refractivity contribution is 7.90. The lowest BCUT2D eigenvalue weighted by atomic mass is 9.82. The van der Waals surface area contributed by atoms with Gasteiger partial charge in [0.1, 0.15) is 5.52 Å². The van der Waals surface area contributed by atoms with Gasteiger partial charge in [0, 0.05) is 0 Å². The number of primary amides is 1. The number of rotatable bonds is 9. The van der Waals surface area contributed by atoms with E-state index in [4.69, 9.17) is 10.2 Å². The van der Waals surface area contributed by atoms with Gasteiger partial charge in [0.05, 0.1) is 17.4 Å². The zero-order chi connectivity index (χ0) is 21.9. The van der Waals surface area contributed by atoms with Crippen LogP contribution >= 0.6 is 0 Å². The van der Waals surface area contributed by atoms with Gasteiger partial charge >= 0.3 is 0 Å². The maximum absolute atomic E-state index is 13.0. The lowest BCUT2D eigenvalue weighted by molar-refractivity contribution is -0.138. The van der Waals surface area contributed by atoms with Gasteiger partial charge < -0.3 is 15.3 Å². The van der Waals surface area contributed by atoms with Crippen LogP contribution in [0.2, 0.25) is 0 Å². The molecule has 0 aliphatic carbocycles. The van der Waals surface area contributed by atoms with Crippen LogP contribution in [0.1, 0.15) is 29.6 Å². The fourth-order valence-electron chi connectivity index (χ4n) is 3.42. The quantitative estimate of drug-likeness (QED) is 0.494. The maximum atomic E-state index is 13.0. The minimum Gasteiger partial charge on any atom is -0.434 e. The molecule has 3 N–H and O–H groups in total. The smallest absolute Gasteiger partial charge is 0.264 e. The molecule has 1 aromatic heterocycles. The Morgan fingerprint density at radius 2 is 1.77 bits per heavy atom. The van der Waals surface area contributed by atoms with Gasteiger partial charge in [0.2, 0.25) is 5.78 Å². The molecule has 0 fully saturated rings. The summed E-state index contributed by atoms with van der Waals surface area (Å²) in [4.78, 5) is 29.3. The second-order valence-electron chi connectivity index (χ2n) is 7.12. The number of hydrogen-bond acceptors (Lipinski definition) is 7. The summed E-state index contributed by atoms with van der Waals surface area (Å²) in [5, 5.41) is 11.0. The summed E-state index contributed by atoms with van der Waals surface area (Å²) in [6.07, 6.45) is -0.0438. The maximum Gasteiger partial charge on any atom is 0.264 e. The topological polar surface area (TPSA) is 141 Å². The van der Waals surface area contributed by atoms with Crippen LogP contribution in [0.4, 0.5) is 0 Å². The molecule has 3 rings (SSSR count). The van der Waals surface area contributed by atoms with Crippen molar-refractivity contribution in [2.45, 2.75) is 24.7 Å². The number of amides is 1. The molecule has 0 saturated carbocycles. The minimum absolute atomic E-state index is 0.0438. The number of nitrogens with two attached hydrogens (primary N) is 1. The monoisotopic (exact) mass is 430 g/mol. The van der Waals surface area contributed by atoms with E-state index in [9.17, 15) is 23.1 Å². The summed E-state index contributed by atoms with van der Waals surface area (Å²) in [7, 11) is -3.99. The first kappa shape index (κ1) is 21.7. The van der Waals surface area contributed by atoms with Crippen molar-refractivity contribution >= 4 is 32.6 Å². The molecule has 1 amide bonds. The Bertz CT molecular complexity index is 1140. The van der Waals surface area contributed by atoms with Gasteiger partial charge in [-0.2, -0.15) is 0 Å². The number of Topliss-reactive ketones (excluding diaryl/α,β-unsaturated/α-hetero) is 1. The number of hydrogen-bond donors (Lipinski definition) is 2. The largest absolute Gasteiger partial charge is 0.434 e. The van der Waals surface area contributed by atoms with Crippen LogP contribution < -0.4 is 5.73 Å². The molecule has 1 heterocycles. The minimum atomic E-state index is -3.99. The molecule has 9 heteroatoms. The number of benzene rings is 2. The van der Waals surface area contributed by atoms with Crippen molar-refractivity contribution in [1.82, 2.24) is 4.98 Å². The number of para-hydroxylation sites is 2. The third kappa shape index (κ3) is 4.42. The molecular formula is C21H22N2O6S. The highest BCUT2D eigenvalue weighted by Gasteiger charge is 2.49. The molecule has 8 nitrogen and oxygen atoms in total.